The summed E-state index contributed by atoms with van der Waals surface area (Å²) in [4.78, 5) is 30.4. The second kappa shape index (κ2) is 15.6. The number of amides is 1. The molecule has 2 aliphatic rings. The molecule has 8 nitrogen and oxygen atoms in total. The summed E-state index contributed by atoms with van der Waals surface area (Å²) in [5, 5.41) is 3.82. The van der Waals surface area contributed by atoms with Gasteiger partial charge in [0.1, 0.15) is 5.82 Å². The lowest BCUT2D eigenvalue weighted by atomic mass is 9.98. The fourth-order valence-corrected chi connectivity index (χ4v) is 7.47. The van der Waals surface area contributed by atoms with E-state index in [0.29, 0.717) is 12.5 Å². The Labute approximate surface area is 293 Å². The molecule has 4 aromatic rings. The molecular formula is C41H55N7O. The standard InChI is InChI=1S/C41H55N7O/c1-7-34(20-24-45(3)4)47-22-8-10-35(47)28-42-37-26-32(13-12-29(37)2)30-14-16-31(17-15-30)33-18-19-36-38(27-33)44-41(43-36)39-11-9-23-48(39)40(49)21-25-46(5)6/h7,12-19,26-27,35,39,42H,8-11,20-25,28H2,1-6H3,(H,43,44)/t35?,39-/m0/s1. The number of hydrogen-bond donors (Lipinski definition) is 2. The summed E-state index contributed by atoms with van der Waals surface area (Å²) in [6.07, 6.45) is 8.39. The minimum Gasteiger partial charge on any atom is -0.383 e. The van der Waals surface area contributed by atoms with Gasteiger partial charge in [0.15, 0.2) is 0 Å². The maximum absolute atomic E-state index is 13.0. The summed E-state index contributed by atoms with van der Waals surface area (Å²) in [5.74, 6) is 1.11. The van der Waals surface area contributed by atoms with Crippen molar-refractivity contribution < 1.29 is 4.79 Å². The Kier molecular flexibility index (Phi) is 11.1. The van der Waals surface area contributed by atoms with Gasteiger partial charge in [-0.05, 0) is 120 Å². The van der Waals surface area contributed by atoms with Crippen molar-refractivity contribution in [3.63, 3.8) is 0 Å². The van der Waals surface area contributed by atoms with Gasteiger partial charge in [-0.2, -0.15) is 0 Å². The molecule has 49 heavy (non-hydrogen) atoms. The van der Waals surface area contributed by atoms with E-state index < -0.39 is 0 Å². The molecule has 2 N–H and O–H groups in total. The van der Waals surface area contributed by atoms with Crippen LogP contribution in [0.4, 0.5) is 5.69 Å². The smallest absolute Gasteiger partial charge is 0.224 e. The van der Waals surface area contributed by atoms with E-state index in [4.69, 9.17) is 4.98 Å². The number of nitrogens with zero attached hydrogens (tertiary/aromatic N) is 5. The molecule has 0 spiro atoms. The first-order chi connectivity index (χ1) is 23.7. The van der Waals surface area contributed by atoms with Crippen LogP contribution in [0.3, 0.4) is 0 Å². The molecule has 6 rings (SSSR count). The van der Waals surface area contributed by atoms with Crippen LogP contribution in [0.25, 0.3) is 33.3 Å². The van der Waals surface area contributed by atoms with Gasteiger partial charge < -0.3 is 29.9 Å². The SMILES string of the molecule is CC=C(CCN(C)C)N1CCCC1CNc1cc(-c2ccc(-c3ccc4nc([C@@H]5CCCN5C(=O)CCN(C)C)[nH]c4c3)cc2)ccc1C. The summed E-state index contributed by atoms with van der Waals surface area (Å²) in [6.45, 7) is 9.12. The van der Waals surface area contributed by atoms with Gasteiger partial charge in [0.05, 0.1) is 17.1 Å². The predicted octanol–water partition coefficient (Wildman–Crippen LogP) is 7.55. The molecule has 3 aromatic carbocycles. The number of H-pyrrole nitrogens is 1. The van der Waals surface area contributed by atoms with E-state index in [1.54, 1.807) is 0 Å². The van der Waals surface area contributed by atoms with Crippen molar-refractivity contribution in [1.82, 2.24) is 29.6 Å². The summed E-state index contributed by atoms with van der Waals surface area (Å²) in [6, 6.07) is 22.6. The topological polar surface area (TPSA) is 70.7 Å². The maximum atomic E-state index is 13.0. The van der Waals surface area contributed by atoms with Gasteiger partial charge in [0.2, 0.25) is 5.91 Å². The Morgan fingerprint density at radius 1 is 0.857 bits per heavy atom. The van der Waals surface area contributed by atoms with E-state index in [-0.39, 0.29) is 11.9 Å². The Morgan fingerprint density at radius 2 is 1.49 bits per heavy atom. The molecule has 1 unspecified atom stereocenters. The van der Waals surface area contributed by atoms with Gasteiger partial charge in [-0.25, -0.2) is 4.98 Å². The van der Waals surface area contributed by atoms with E-state index in [1.807, 2.05) is 19.0 Å². The zero-order valence-corrected chi connectivity index (χ0v) is 30.4. The first-order valence-corrected chi connectivity index (χ1v) is 18.2. The molecular weight excluding hydrogens is 606 g/mol. The highest BCUT2D eigenvalue weighted by molar-refractivity contribution is 5.83. The molecule has 2 aliphatic heterocycles. The second-order valence-electron chi connectivity index (χ2n) is 14.5. The fraction of sp³-hybridized carbons (Fsp3) is 0.463. The normalized spacial score (nSPS) is 18.4. The number of hydrogen-bond acceptors (Lipinski definition) is 6. The van der Waals surface area contributed by atoms with E-state index in [9.17, 15) is 4.79 Å². The van der Waals surface area contributed by atoms with Crippen LogP contribution < -0.4 is 5.32 Å². The quantitative estimate of drug-likeness (QED) is 0.154. The van der Waals surface area contributed by atoms with Gasteiger partial charge in [-0.1, -0.05) is 48.5 Å². The van der Waals surface area contributed by atoms with Crippen LogP contribution in [0.5, 0.6) is 0 Å². The third-order valence-corrected chi connectivity index (χ3v) is 10.4. The Morgan fingerprint density at radius 3 is 2.20 bits per heavy atom. The number of rotatable bonds is 13. The average Bonchev–Trinajstić information content (AvgIpc) is 3.87. The van der Waals surface area contributed by atoms with Crippen molar-refractivity contribution in [3.8, 4) is 22.3 Å². The number of nitrogens with one attached hydrogen (secondary N) is 2. The lowest BCUT2D eigenvalue weighted by Crippen LogP contribution is -2.35. The van der Waals surface area contributed by atoms with Crippen LogP contribution in [0.2, 0.25) is 0 Å². The molecule has 0 bridgehead atoms. The Bertz CT molecular complexity index is 1760. The van der Waals surface area contributed by atoms with E-state index in [1.165, 1.54) is 46.5 Å². The number of aryl methyl sites for hydroxylation is 1. The third kappa shape index (κ3) is 8.19. The van der Waals surface area contributed by atoms with Crippen LogP contribution >= 0.6 is 0 Å². The largest absolute Gasteiger partial charge is 0.383 e. The maximum Gasteiger partial charge on any atom is 0.224 e. The highest BCUT2D eigenvalue weighted by Gasteiger charge is 2.32. The van der Waals surface area contributed by atoms with Gasteiger partial charge >= 0.3 is 0 Å². The van der Waals surface area contributed by atoms with Gasteiger partial charge in [-0.15, -0.1) is 0 Å². The van der Waals surface area contributed by atoms with Crippen molar-refractivity contribution in [3.05, 3.63) is 83.8 Å². The molecule has 0 radical (unpaired) electrons. The molecule has 260 valence electrons. The lowest BCUT2D eigenvalue weighted by molar-refractivity contribution is -0.132. The third-order valence-electron chi connectivity index (χ3n) is 10.4. The van der Waals surface area contributed by atoms with E-state index >= 15 is 0 Å². The summed E-state index contributed by atoms with van der Waals surface area (Å²) < 4.78 is 0. The van der Waals surface area contributed by atoms with Crippen molar-refractivity contribution in [2.75, 3.05) is 66.2 Å². The molecule has 3 heterocycles. The van der Waals surface area contributed by atoms with Crippen LogP contribution in [0.15, 0.2) is 72.4 Å². The van der Waals surface area contributed by atoms with Crippen molar-refractivity contribution in [2.24, 2.45) is 0 Å². The number of fused-ring (bicyclic) bond motifs is 1. The average molecular weight is 662 g/mol. The summed E-state index contributed by atoms with van der Waals surface area (Å²) in [5.41, 5.74) is 10.7. The summed E-state index contributed by atoms with van der Waals surface area (Å²) >= 11 is 0. The highest BCUT2D eigenvalue weighted by atomic mass is 16.2. The highest BCUT2D eigenvalue weighted by Crippen LogP contribution is 2.34. The molecule has 2 saturated heterocycles. The number of aromatic amines is 1. The van der Waals surface area contributed by atoms with Crippen LogP contribution in [0, 0.1) is 6.92 Å². The number of carbonyl (C=O) groups excluding carboxylic acids is 1. The first kappa shape index (κ1) is 34.7. The van der Waals surface area contributed by atoms with Crippen LogP contribution in [0.1, 0.15) is 62.9 Å². The minimum atomic E-state index is 0.0227. The molecule has 0 aliphatic carbocycles. The first-order valence-electron chi connectivity index (χ1n) is 18.2. The van der Waals surface area contributed by atoms with E-state index in [2.05, 4.69) is 120 Å². The van der Waals surface area contributed by atoms with Crippen LogP contribution in [-0.2, 0) is 4.79 Å². The number of aromatic nitrogens is 2. The Hall–Kier alpha value is -4.14. The van der Waals surface area contributed by atoms with Crippen molar-refractivity contribution in [1.29, 1.82) is 0 Å². The zero-order valence-electron chi connectivity index (χ0n) is 30.4. The van der Waals surface area contributed by atoms with Crippen molar-refractivity contribution in [2.45, 2.75) is 64.5 Å². The number of benzene rings is 3. The minimum absolute atomic E-state index is 0.0227. The molecule has 1 aromatic heterocycles. The number of likely N-dealkylation sites (tertiary alicyclic amines) is 2. The lowest BCUT2D eigenvalue weighted by Gasteiger charge is -2.30. The van der Waals surface area contributed by atoms with E-state index in [0.717, 1.165) is 74.4 Å². The number of imidazole rings is 1. The van der Waals surface area contributed by atoms with Crippen molar-refractivity contribution >= 4 is 22.6 Å². The summed E-state index contributed by atoms with van der Waals surface area (Å²) in [7, 11) is 8.32. The fourth-order valence-electron chi connectivity index (χ4n) is 7.47. The number of allylic oxidation sites excluding steroid dienone is 1. The molecule has 2 fully saturated rings. The zero-order chi connectivity index (χ0) is 34.5. The predicted molar refractivity (Wildman–Crippen MR) is 204 cm³/mol. The Balaban J connectivity index is 1.12. The second-order valence-corrected chi connectivity index (χ2v) is 14.5. The van der Waals surface area contributed by atoms with Crippen LogP contribution in [-0.4, -0.2) is 102 Å². The van der Waals surface area contributed by atoms with Gasteiger partial charge in [0, 0.05) is 56.6 Å². The van der Waals surface area contributed by atoms with Gasteiger partial charge in [0.25, 0.3) is 0 Å². The number of anilines is 1. The van der Waals surface area contributed by atoms with Gasteiger partial charge in [-0.3, -0.25) is 4.79 Å². The molecule has 1 amide bonds. The monoisotopic (exact) mass is 661 g/mol. The number of carbonyl (C=O) groups is 1. The molecule has 8 heteroatoms. The molecule has 2 atom stereocenters. The molecule has 0 saturated carbocycles.